The Bertz CT molecular complexity index is 1050. The van der Waals surface area contributed by atoms with E-state index in [2.05, 4.69) is 5.32 Å². The molecule has 6 nitrogen and oxygen atoms in total. The van der Waals surface area contributed by atoms with Gasteiger partial charge in [-0.2, -0.15) is 0 Å². The summed E-state index contributed by atoms with van der Waals surface area (Å²) in [5.74, 6) is -0.00137. The number of hydrogen-bond donors (Lipinski definition) is 1. The van der Waals surface area contributed by atoms with Crippen molar-refractivity contribution in [3.63, 3.8) is 0 Å². The van der Waals surface area contributed by atoms with E-state index in [0.29, 0.717) is 5.69 Å². The zero-order valence-corrected chi connectivity index (χ0v) is 19.9. The van der Waals surface area contributed by atoms with E-state index in [1.807, 2.05) is 43.0 Å². The van der Waals surface area contributed by atoms with Crippen LogP contribution in [0.4, 0.5) is 5.69 Å². The number of sulfone groups is 1. The highest BCUT2D eigenvalue weighted by atomic mass is 32.2. The lowest BCUT2D eigenvalue weighted by Gasteiger charge is -2.34. The summed E-state index contributed by atoms with van der Waals surface area (Å²) in [4.78, 5) is 27.7. The van der Waals surface area contributed by atoms with Crippen molar-refractivity contribution in [1.82, 2.24) is 4.90 Å². The fraction of sp³-hybridized carbons (Fsp3) is 0.440. The SMILES string of the molecule is CCS(=O)(=O)c1ccc(CC(=O)Nc2ccc(C(C)(C)C(=O)N3CCCCC3)cc2)cc1. The summed E-state index contributed by atoms with van der Waals surface area (Å²) >= 11 is 0. The Kier molecular flexibility index (Phi) is 7.39. The van der Waals surface area contributed by atoms with Crippen molar-refractivity contribution in [3.05, 3.63) is 59.7 Å². The molecule has 2 aromatic carbocycles. The van der Waals surface area contributed by atoms with E-state index in [1.165, 1.54) is 18.6 Å². The maximum absolute atomic E-state index is 13.0. The molecule has 1 aliphatic rings. The summed E-state index contributed by atoms with van der Waals surface area (Å²) in [5, 5.41) is 2.87. The molecule has 0 spiro atoms. The Morgan fingerprint density at radius 3 is 2.09 bits per heavy atom. The van der Waals surface area contributed by atoms with Gasteiger partial charge in [0.1, 0.15) is 0 Å². The van der Waals surface area contributed by atoms with Crippen molar-refractivity contribution in [1.29, 1.82) is 0 Å². The molecule has 0 radical (unpaired) electrons. The minimum absolute atomic E-state index is 0.0449. The molecule has 2 aromatic rings. The number of carbonyl (C=O) groups excluding carboxylic acids is 2. The molecule has 7 heteroatoms. The van der Waals surface area contributed by atoms with Crippen LogP contribution in [0.5, 0.6) is 0 Å². The lowest BCUT2D eigenvalue weighted by molar-refractivity contribution is -0.137. The van der Waals surface area contributed by atoms with Gasteiger partial charge in [-0.25, -0.2) is 8.42 Å². The minimum Gasteiger partial charge on any atom is -0.342 e. The van der Waals surface area contributed by atoms with E-state index in [-0.39, 0.29) is 28.9 Å². The van der Waals surface area contributed by atoms with Gasteiger partial charge in [-0.05, 0) is 68.5 Å². The highest BCUT2D eigenvalue weighted by Gasteiger charge is 2.34. The number of amides is 2. The summed E-state index contributed by atoms with van der Waals surface area (Å²) in [6.45, 7) is 7.13. The van der Waals surface area contributed by atoms with Crippen LogP contribution in [0.15, 0.2) is 53.4 Å². The normalized spacial score (nSPS) is 14.8. The van der Waals surface area contributed by atoms with Crippen LogP contribution in [0.25, 0.3) is 0 Å². The number of piperidine rings is 1. The van der Waals surface area contributed by atoms with Gasteiger partial charge in [-0.1, -0.05) is 31.2 Å². The molecule has 0 saturated carbocycles. The molecule has 0 unspecified atom stereocenters. The zero-order valence-electron chi connectivity index (χ0n) is 19.1. The lowest BCUT2D eigenvalue weighted by atomic mass is 9.82. The summed E-state index contributed by atoms with van der Waals surface area (Å²) < 4.78 is 23.8. The molecule has 1 saturated heterocycles. The number of nitrogens with one attached hydrogen (secondary N) is 1. The van der Waals surface area contributed by atoms with Gasteiger partial charge in [0.05, 0.1) is 22.5 Å². The van der Waals surface area contributed by atoms with E-state index < -0.39 is 15.3 Å². The largest absolute Gasteiger partial charge is 0.342 e. The minimum atomic E-state index is -3.25. The maximum atomic E-state index is 13.0. The van der Waals surface area contributed by atoms with Gasteiger partial charge >= 0.3 is 0 Å². The number of nitrogens with zero attached hydrogens (tertiary/aromatic N) is 1. The van der Waals surface area contributed by atoms with E-state index in [0.717, 1.165) is 37.1 Å². The van der Waals surface area contributed by atoms with Crippen molar-refractivity contribution >= 4 is 27.3 Å². The molecular weight excluding hydrogens is 424 g/mol. The summed E-state index contributed by atoms with van der Waals surface area (Å²) in [5.41, 5.74) is 1.69. The molecule has 1 N–H and O–H groups in total. The van der Waals surface area contributed by atoms with Gasteiger partial charge in [-0.15, -0.1) is 0 Å². The van der Waals surface area contributed by atoms with Gasteiger partial charge in [0.2, 0.25) is 11.8 Å². The molecule has 0 aliphatic carbocycles. The zero-order chi connectivity index (χ0) is 23.4. The Balaban J connectivity index is 1.61. The van der Waals surface area contributed by atoms with E-state index in [1.54, 1.807) is 19.1 Å². The van der Waals surface area contributed by atoms with Crippen LogP contribution in [0.2, 0.25) is 0 Å². The number of hydrogen-bond acceptors (Lipinski definition) is 4. The van der Waals surface area contributed by atoms with Crippen LogP contribution >= 0.6 is 0 Å². The molecule has 0 bridgehead atoms. The first kappa shape index (κ1) is 24.0. The average Bonchev–Trinajstić information content (AvgIpc) is 2.79. The Morgan fingerprint density at radius 2 is 1.53 bits per heavy atom. The van der Waals surface area contributed by atoms with Crippen LogP contribution in [0.1, 0.15) is 51.2 Å². The second-order valence-corrected chi connectivity index (χ2v) is 11.1. The molecule has 0 aromatic heterocycles. The molecule has 32 heavy (non-hydrogen) atoms. The van der Waals surface area contributed by atoms with Crippen molar-refractivity contribution in [2.24, 2.45) is 0 Å². The smallest absolute Gasteiger partial charge is 0.232 e. The van der Waals surface area contributed by atoms with Gasteiger partial charge in [-0.3, -0.25) is 9.59 Å². The van der Waals surface area contributed by atoms with E-state index in [9.17, 15) is 18.0 Å². The van der Waals surface area contributed by atoms with E-state index in [4.69, 9.17) is 0 Å². The average molecular weight is 457 g/mol. The Hall–Kier alpha value is -2.67. The fourth-order valence-electron chi connectivity index (χ4n) is 3.96. The first-order valence-corrected chi connectivity index (χ1v) is 12.8. The molecule has 1 aliphatic heterocycles. The molecule has 1 fully saturated rings. The summed E-state index contributed by atoms with van der Waals surface area (Å²) in [6, 6.07) is 13.8. The lowest BCUT2D eigenvalue weighted by Crippen LogP contribution is -2.45. The Labute approximate surface area is 190 Å². The van der Waals surface area contributed by atoms with Gasteiger partial charge in [0.25, 0.3) is 0 Å². The van der Waals surface area contributed by atoms with Gasteiger partial charge in [0, 0.05) is 18.8 Å². The van der Waals surface area contributed by atoms with Crippen molar-refractivity contribution < 1.29 is 18.0 Å². The highest BCUT2D eigenvalue weighted by Crippen LogP contribution is 2.28. The van der Waals surface area contributed by atoms with E-state index >= 15 is 0 Å². The standard InChI is InChI=1S/C25H32N2O4S/c1-4-32(30,31)22-14-8-19(9-15-22)18-23(28)26-21-12-10-20(11-13-21)25(2,3)24(29)27-16-6-5-7-17-27/h8-15H,4-7,16-18H2,1-3H3,(H,26,28). The Morgan fingerprint density at radius 1 is 0.938 bits per heavy atom. The monoisotopic (exact) mass is 456 g/mol. The molecule has 172 valence electrons. The first-order valence-electron chi connectivity index (χ1n) is 11.1. The number of anilines is 1. The first-order chi connectivity index (χ1) is 15.1. The van der Waals surface area contributed by atoms with Crippen LogP contribution in [0, 0.1) is 0 Å². The molecular formula is C25H32N2O4S. The predicted molar refractivity (Wildman–Crippen MR) is 126 cm³/mol. The number of benzene rings is 2. The fourth-order valence-corrected chi connectivity index (χ4v) is 4.84. The highest BCUT2D eigenvalue weighted by molar-refractivity contribution is 7.91. The van der Waals surface area contributed by atoms with Crippen molar-refractivity contribution in [3.8, 4) is 0 Å². The number of likely N-dealkylation sites (tertiary alicyclic amines) is 1. The molecule has 1 heterocycles. The van der Waals surface area contributed by atoms with Crippen molar-refractivity contribution in [2.45, 2.75) is 56.8 Å². The van der Waals surface area contributed by atoms with Crippen LogP contribution in [-0.2, 0) is 31.3 Å². The quantitative estimate of drug-likeness (QED) is 0.684. The maximum Gasteiger partial charge on any atom is 0.232 e. The molecule has 0 atom stereocenters. The second kappa shape index (κ2) is 9.86. The molecule has 3 rings (SSSR count). The predicted octanol–water partition coefficient (Wildman–Crippen LogP) is 3.95. The van der Waals surface area contributed by atoms with Crippen LogP contribution < -0.4 is 5.32 Å². The summed E-state index contributed by atoms with van der Waals surface area (Å²) in [7, 11) is -3.25. The number of rotatable bonds is 7. The number of carbonyl (C=O) groups is 2. The molecule has 2 amide bonds. The third kappa shape index (κ3) is 5.57. The third-order valence-corrected chi connectivity index (χ3v) is 7.85. The van der Waals surface area contributed by atoms with Crippen LogP contribution in [0.3, 0.4) is 0 Å². The third-order valence-electron chi connectivity index (χ3n) is 6.10. The second-order valence-electron chi connectivity index (χ2n) is 8.83. The van der Waals surface area contributed by atoms with Crippen LogP contribution in [-0.4, -0.2) is 44.0 Å². The van der Waals surface area contributed by atoms with Crippen molar-refractivity contribution in [2.75, 3.05) is 24.2 Å². The van der Waals surface area contributed by atoms with Gasteiger partial charge < -0.3 is 10.2 Å². The topological polar surface area (TPSA) is 83.5 Å². The summed E-state index contributed by atoms with van der Waals surface area (Å²) in [6.07, 6.45) is 3.45. The van der Waals surface area contributed by atoms with Gasteiger partial charge in [0.15, 0.2) is 9.84 Å².